The summed E-state index contributed by atoms with van der Waals surface area (Å²) in [6.45, 7) is 0.274. The smallest absolute Gasteiger partial charge is 0.144 e. The second kappa shape index (κ2) is 4.55. The lowest BCUT2D eigenvalue weighted by Gasteiger charge is -2.12. The normalized spacial score (nSPS) is 27.1. The van der Waals surface area contributed by atoms with Crippen molar-refractivity contribution in [2.45, 2.75) is 12.1 Å². The van der Waals surface area contributed by atoms with E-state index in [0.717, 1.165) is 0 Å². The van der Waals surface area contributed by atoms with Crippen molar-refractivity contribution in [2.75, 3.05) is 13.7 Å². The third-order valence-corrected chi connectivity index (χ3v) is 2.92. The Morgan fingerprint density at radius 3 is 2.75 bits per heavy atom. The van der Waals surface area contributed by atoms with Gasteiger partial charge in [-0.1, -0.05) is 0 Å². The summed E-state index contributed by atoms with van der Waals surface area (Å²) < 4.78 is 32.2. The molecule has 0 spiro atoms. The highest BCUT2D eigenvalue weighted by atomic mass is 35.5. The Morgan fingerprint density at radius 1 is 1.56 bits per heavy atom. The molecule has 90 valence electrons. The number of ether oxygens (including phenoxy) is 1. The molecule has 1 aromatic carbocycles. The van der Waals surface area contributed by atoms with Crippen molar-refractivity contribution in [1.82, 2.24) is 0 Å². The second-order valence-corrected chi connectivity index (χ2v) is 3.84. The number of hydrogen-bond acceptors (Lipinski definition) is 2. The summed E-state index contributed by atoms with van der Waals surface area (Å²) in [5.41, 5.74) is 4.18. The van der Waals surface area contributed by atoms with Crippen molar-refractivity contribution in [3.8, 4) is 5.75 Å². The van der Waals surface area contributed by atoms with Gasteiger partial charge < -0.3 is 10.5 Å². The van der Waals surface area contributed by atoms with Crippen LogP contribution in [0.15, 0.2) is 18.2 Å². The van der Waals surface area contributed by atoms with E-state index in [-0.39, 0.29) is 30.4 Å². The summed E-state index contributed by atoms with van der Waals surface area (Å²) in [6, 6.07) is 3.89. The van der Waals surface area contributed by atoms with Crippen LogP contribution in [0.4, 0.5) is 8.78 Å². The molecule has 0 aliphatic heterocycles. The minimum atomic E-state index is -1.50. The minimum Gasteiger partial charge on any atom is -0.496 e. The van der Waals surface area contributed by atoms with E-state index < -0.39 is 11.5 Å². The zero-order chi connectivity index (χ0) is 11.1. The van der Waals surface area contributed by atoms with Gasteiger partial charge >= 0.3 is 0 Å². The highest BCUT2D eigenvalue weighted by Crippen LogP contribution is 2.57. The van der Waals surface area contributed by atoms with Crippen LogP contribution in [0.2, 0.25) is 0 Å². The Kier molecular flexibility index (Phi) is 3.76. The molecule has 0 heterocycles. The first kappa shape index (κ1) is 13.2. The van der Waals surface area contributed by atoms with Crippen molar-refractivity contribution >= 4 is 12.4 Å². The molecular formula is C11H14ClF2NO. The van der Waals surface area contributed by atoms with Crippen LogP contribution in [0.3, 0.4) is 0 Å². The van der Waals surface area contributed by atoms with Gasteiger partial charge in [0.1, 0.15) is 17.2 Å². The third kappa shape index (κ3) is 1.99. The zero-order valence-corrected chi connectivity index (χ0v) is 9.69. The van der Waals surface area contributed by atoms with Crippen LogP contribution in [0.25, 0.3) is 0 Å². The van der Waals surface area contributed by atoms with E-state index in [2.05, 4.69) is 0 Å². The van der Waals surface area contributed by atoms with Gasteiger partial charge in [0.25, 0.3) is 0 Å². The van der Waals surface area contributed by atoms with E-state index in [4.69, 9.17) is 10.5 Å². The van der Waals surface area contributed by atoms with E-state index in [1.54, 1.807) is 0 Å². The predicted molar refractivity (Wildman–Crippen MR) is 60.1 cm³/mol. The Labute approximate surface area is 99.2 Å². The van der Waals surface area contributed by atoms with E-state index in [0.29, 0.717) is 12.2 Å². The maximum absolute atomic E-state index is 14.2. The quantitative estimate of drug-likeness (QED) is 0.893. The van der Waals surface area contributed by atoms with Gasteiger partial charge in [0.05, 0.1) is 7.11 Å². The van der Waals surface area contributed by atoms with Crippen molar-refractivity contribution in [1.29, 1.82) is 0 Å². The molecule has 1 aliphatic carbocycles. The van der Waals surface area contributed by atoms with Crippen molar-refractivity contribution in [3.63, 3.8) is 0 Å². The summed E-state index contributed by atoms with van der Waals surface area (Å²) in [5, 5.41) is 0. The van der Waals surface area contributed by atoms with Gasteiger partial charge in [0.15, 0.2) is 0 Å². The van der Waals surface area contributed by atoms with Gasteiger partial charge in [-0.25, -0.2) is 8.78 Å². The Balaban J connectivity index is 0.00000128. The Morgan fingerprint density at radius 2 is 2.25 bits per heavy atom. The first-order valence-corrected chi connectivity index (χ1v) is 4.85. The predicted octanol–water partition coefficient (Wildman–Crippen LogP) is 2.40. The lowest BCUT2D eigenvalue weighted by molar-refractivity contribution is 0.275. The average molecular weight is 250 g/mol. The summed E-state index contributed by atoms with van der Waals surface area (Å²) >= 11 is 0. The van der Waals surface area contributed by atoms with Crippen LogP contribution < -0.4 is 10.5 Å². The largest absolute Gasteiger partial charge is 0.496 e. The molecule has 0 saturated heterocycles. The van der Waals surface area contributed by atoms with Gasteiger partial charge in [-0.05, 0) is 31.2 Å². The first-order valence-electron chi connectivity index (χ1n) is 4.85. The molecule has 0 radical (unpaired) electrons. The highest BCUT2D eigenvalue weighted by molar-refractivity contribution is 5.85. The first-order chi connectivity index (χ1) is 7.11. The number of methoxy groups -OCH3 is 1. The number of nitrogens with two attached hydrogens (primary N) is 1. The van der Waals surface area contributed by atoms with Crippen LogP contribution in [0, 0.1) is 11.7 Å². The summed E-state index contributed by atoms with van der Waals surface area (Å²) in [7, 11) is 1.44. The minimum absolute atomic E-state index is 0. The maximum Gasteiger partial charge on any atom is 0.144 e. The van der Waals surface area contributed by atoms with E-state index in [1.807, 2.05) is 0 Å². The summed E-state index contributed by atoms with van der Waals surface area (Å²) in [5.74, 6) is -0.284. The van der Waals surface area contributed by atoms with Gasteiger partial charge in [-0.2, -0.15) is 0 Å². The molecule has 2 unspecified atom stereocenters. The number of rotatable bonds is 3. The number of hydrogen-bond donors (Lipinski definition) is 1. The zero-order valence-electron chi connectivity index (χ0n) is 8.87. The molecule has 2 rings (SSSR count). The fraction of sp³-hybridized carbons (Fsp3) is 0.455. The third-order valence-electron chi connectivity index (χ3n) is 2.92. The second-order valence-electron chi connectivity index (χ2n) is 3.84. The molecule has 2 N–H and O–H groups in total. The van der Waals surface area contributed by atoms with Gasteiger partial charge in [0, 0.05) is 11.5 Å². The average Bonchev–Trinajstić information content (AvgIpc) is 2.91. The SMILES string of the molecule is COc1ccc(F)cc1C1(F)CC1CN.Cl. The van der Waals surface area contributed by atoms with Crippen LogP contribution in [0.1, 0.15) is 12.0 Å². The Hall–Kier alpha value is -0.870. The van der Waals surface area contributed by atoms with Gasteiger partial charge in [-0.15, -0.1) is 12.4 Å². The van der Waals surface area contributed by atoms with E-state index in [9.17, 15) is 8.78 Å². The molecule has 1 aromatic rings. The number of alkyl halides is 1. The van der Waals surface area contributed by atoms with E-state index >= 15 is 0 Å². The van der Waals surface area contributed by atoms with Crippen molar-refractivity contribution < 1.29 is 13.5 Å². The standard InChI is InChI=1S/C11H13F2NO.ClH/c1-15-10-3-2-8(12)4-9(10)11(13)5-7(11)6-14;/h2-4,7H,5-6,14H2,1H3;1H. The molecular weight excluding hydrogens is 236 g/mol. The van der Waals surface area contributed by atoms with Crippen LogP contribution >= 0.6 is 12.4 Å². The molecule has 5 heteroatoms. The molecule has 0 bridgehead atoms. The monoisotopic (exact) mass is 249 g/mol. The molecule has 1 saturated carbocycles. The molecule has 16 heavy (non-hydrogen) atoms. The van der Waals surface area contributed by atoms with Crippen LogP contribution in [0.5, 0.6) is 5.75 Å². The summed E-state index contributed by atoms with van der Waals surface area (Å²) in [6.07, 6.45) is 0.351. The van der Waals surface area contributed by atoms with Crippen molar-refractivity contribution in [3.05, 3.63) is 29.6 Å². The molecule has 1 fully saturated rings. The van der Waals surface area contributed by atoms with Crippen molar-refractivity contribution in [2.24, 2.45) is 11.7 Å². The topological polar surface area (TPSA) is 35.2 Å². The maximum atomic E-state index is 14.2. The van der Waals surface area contributed by atoms with Crippen LogP contribution in [-0.2, 0) is 5.67 Å². The molecule has 0 amide bonds. The van der Waals surface area contributed by atoms with Gasteiger partial charge in [0.2, 0.25) is 0 Å². The lowest BCUT2D eigenvalue weighted by Crippen LogP contribution is -2.11. The van der Waals surface area contributed by atoms with Crippen LogP contribution in [-0.4, -0.2) is 13.7 Å². The molecule has 1 aliphatic rings. The molecule has 2 nitrogen and oxygen atoms in total. The molecule has 0 aromatic heterocycles. The number of halogens is 3. The molecule has 2 atom stereocenters. The highest BCUT2D eigenvalue weighted by Gasteiger charge is 2.57. The lowest BCUT2D eigenvalue weighted by atomic mass is 10.1. The van der Waals surface area contributed by atoms with Gasteiger partial charge in [-0.3, -0.25) is 0 Å². The fourth-order valence-electron chi connectivity index (χ4n) is 1.90. The fourth-order valence-corrected chi connectivity index (χ4v) is 1.90. The Bertz CT molecular complexity index is 388. The van der Waals surface area contributed by atoms with E-state index in [1.165, 1.54) is 25.3 Å². The number of benzene rings is 1. The summed E-state index contributed by atoms with van der Waals surface area (Å²) in [4.78, 5) is 0.